The number of carbonyl (C=O) groups excluding carboxylic acids is 1. The first-order valence-electron chi connectivity index (χ1n) is 8.91. The second-order valence-electron chi connectivity index (χ2n) is 6.23. The molecule has 144 valence electrons. The fourth-order valence-electron chi connectivity index (χ4n) is 2.79. The molecule has 1 amide bonds. The molecule has 1 unspecified atom stereocenters. The van der Waals surface area contributed by atoms with Crippen molar-refractivity contribution in [2.24, 2.45) is 0 Å². The van der Waals surface area contributed by atoms with Gasteiger partial charge in [0.2, 0.25) is 0 Å². The van der Waals surface area contributed by atoms with Crippen molar-refractivity contribution in [3.63, 3.8) is 0 Å². The number of methoxy groups -OCH3 is 2. The minimum Gasteiger partial charge on any atom is -0.493 e. The Hall–Kier alpha value is -3.54. The highest BCUT2D eigenvalue weighted by atomic mass is 16.5. The Bertz CT molecular complexity index is 928. The van der Waals surface area contributed by atoms with Crippen LogP contribution in [-0.2, 0) is 0 Å². The van der Waals surface area contributed by atoms with Gasteiger partial charge in [0, 0.05) is 11.6 Å². The molecule has 1 heterocycles. The quantitative estimate of drug-likeness (QED) is 0.633. The number of nitrogens with zero attached hydrogens (tertiary/aromatic N) is 1. The van der Waals surface area contributed by atoms with E-state index in [0.717, 1.165) is 5.69 Å². The van der Waals surface area contributed by atoms with E-state index in [1.807, 2.05) is 24.3 Å². The monoisotopic (exact) mass is 377 g/mol. The van der Waals surface area contributed by atoms with Crippen molar-refractivity contribution in [3.05, 3.63) is 78.0 Å². The Morgan fingerprint density at radius 2 is 1.71 bits per heavy atom. The molecule has 0 aliphatic rings. The molecule has 1 aromatic heterocycles. The van der Waals surface area contributed by atoms with Gasteiger partial charge in [0.15, 0.2) is 11.5 Å². The molecule has 0 saturated heterocycles. The van der Waals surface area contributed by atoms with Gasteiger partial charge >= 0.3 is 0 Å². The molecule has 2 aromatic carbocycles. The lowest BCUT2D eigenvalue weighted by molar-refractivity contribution is 0.102. The summed E-state index contributed by atoms with van der Waals surface area (Å²) < 4.78 is 10.4. The van der Waals surface area contributed by atoms with Crippen LogP contribution in [0.4, 0.5) is 11.5 Å². The molecule has 0 saturated carbocycles. The van der Waals surface area contributed by atoms with Gasteiger partial charge in [0.25, 0.3) is 5.91 Å². The van der Waals surface area contributed by atoms with Gasteiger partial charge in [0.1, 0.15) is 5.82 Å². The number of benzene rings is 2. The summed E-state index contributed by atoms with van der Waals surface area (Å²) in [4.78, 5) is 16.8. The summed E-state index contributed by atoms with van der Waals surface area (Å²) in [7, 11) is 3.08. The molecule has 0 bridgehead atoms. The molecular weight excluding hydrogens is 354 g/mol. The number of pyridine rings is 1. The number of carbonyl (C=O) groups is 1. The number of amides is 1. The molecule has 3 rings (SSSR count). The third kappa shape index (κ3) is 4.59. The largest absolute Gasteiger partial charge is 0.493 e. The number of rotatable bonds is 7. The number of hydrogen-bond donors (Lipinski definition) is 2. The lowest BCUT2D eigenvalue weighted by atomic mass is 10.1. The number of nitrogens with one attached hydrogen (secondary N) is 2. The average Bonchev–Trinajstić information content (AvgIpc) is 2.75. The smallest absolute Gasteiger partial charge is 0.256 e. The van der Waals surface area contributed by atoms with E-state index < -0.39 is 0 Å². The molecule has 0 radical (unpaired) electrons. The van der Waals surface area contributed by atoms with E-state index in [2.05, 4.69) is 34.7 Å². The van der Waals surface area contributed by atoms with Crippen molar-refractivity contribution in [3.8, 4) is 11.5 Å². The molecule has 0 fully saturated rings. The number of hydrogen-bond acceptors (Lipinski definition) is 5. The molecule has 6 heteroatoms. The molecule has 28 heavy (non-hydrogen) atoms. The Morgan fingerprint density at radius 3 is 2.36 bits per heavy atom. The van der Waals surface area contributed by atoms with Crippen molar-refractivity contribution in [2.45, 2.75) is 13.0 Å². The van der Waals surface area contributed by atoms with Gasteiger partial charge in [-0.1, -0.05) is 30.3 Å². The van der Waals surface area contributed by atoms with Crippen LogP contribution >= 0.6 is 0 Å². The summed E-state index contributed by atoms with van der Waals surface area (Å²) in [5.41, 5.74) is 2.52. The fourth-order valence-corrected chi connectivity index (χ4v) is 2.79. The number of anilines is 2. The number of aromatic nitrogens is 1. The highest BCUT2D eigenvalue weighted by Gasteiger charge is 2.12. The van der Waals surface area contributed by atoms with E-state index in [-0.39, 0.29) is 11.9 Å². The molecular formula is C22H23N3O3. The van der Waals surface area contributed by atoms with Crippen molar-refractivity contribution in [1.29, 1.82) is 0 Å². The van der Waals surface area contributed by atoms with E-state index >= 15 is 0 Å². The maximum atomic E-state index is 12.5. The molecule has 1 atom stereocenters. The lowest BCUT2D eigenvalue weighted by Gasteiger charge is -2.15. The van der Waals surface area contributed by atoms with E-state index in [1.165, 1.54) is 12.7 Å². The zero-order chi connectivity index (χ0) is 19.9. The molecule has 0 aliphatic carbocycles. The minimum absolute atomic E-state index is 0.148. The maximum absolute atomic E-state index is 12.5. The van der Waals surface area contributed by atoms with Crippen LogP contribution in [0.15, 0.2) is 66.9 Å². The average molecular weight is 377 g/mol. The van der Waals surface area contributed by atoms with Gasteiger partial charge in [-0.05, 0) is 42.8 Å². The predicted molar refractivity (Wildman–Crippen MR) is 110 cm³/mol. The second-order valence-corrected chi connectivity index (χ2v) is 6.23. The summed E-state index contributed by atoms with van der Waals surface area (Å²) in [5, 5.41) is 6.18. The van der Waals surface area contributed by atoms with Crippen LogP contribution < -0.4 is 20.1 Å². The van der Waals surface area contributed by atoms with Gasteiger partial charge in [-0.25, -0.2) is 4.98 Å². The van der Waals surface area contributed by atoms with Crippen LogP contribution in [0, 0.1) is 0 Å². The van der Waals surface area contributed by atoms with E-state index in [4.69, 9.17) is 9.47 Å². The summed E-state index contributed by atoms with van der Waals surface area (Å²) in [6.07, 6.45) is 1.70. The third-order valence-corrected chi connectivity index (χ3v) is 4.33. The summed E-state index contributed by atoms with van der Waals surface area (Å²) in [6.45, 7) is 2.09. The summed E-state index contributed by atoms with van der Waals surface area (Å²) in [6, 6.07) is 19.0. The van der Waals surface area contributed by atoms with Gasteiger partial charge in [-0.2, -0.15) is 0 Å². The molecule has 0 aliphatic heterocycles. The van der Waals surface area contributed by atoms with Crippen LogP contribution in [-0.4, -0.2) is 25.1 Å². The topological polar surface area (TPSA) is 72.5 Å². The van der Waals surface area contributed by atoms with E-state index in [9.17, 15) is 4.79 Å². The number of ether oxygens (including phenoxy) is 2. The van der Waals surface area contributed by atoms with Crippen LogP contribution in [0.1, 0.15) is 28.9 Å². The summed E-state index contributed by atoms with van der Waals surface area (Å²) in [5.74, 6) is 1.27. The highest BCUT2D eigenvalue weighted by Crippen LogP contribution is 2.28. The Morgan fingerprint density at radius 1 is 0.964 bits per heavy atom. The second kappa shape index (κ2) is 8.90. The first-order chi connectivity index (χ1) is 13.6. The first-order valence-corrected chi connectivity index (χ1v) is 8.91. The van der Waals surface area contributed by atoms with Crippen LogP contribution in [0.3, 0.4) is 0 Å². The normalized spacial score (nSPS) is 11.4. The molecule has 6 nitrogen and oxygen atoms in total. The maximum Gasteiger partial charge on any atom is 0.256 e. The van der Waals surface area contributed by atoms with Crippen molar-refractivity contribution in [2.75, 3.05) is 24.9 Å². The Kier molecular flexibility index (Phi) is 6.11. The predicted octanol–water partition coefficient (Wildman–Crippen LogP) is 4.52. The summed E-state index contributed by atoms with van der Waals surface area (Å²) >= 11 is 0. The zero-order valence-corrected chi connectivity index (χ0v) is 16.1. The van der Waals surface area contributed by atoms with Crippen molar-refractivity contribution >= 4 is 17.4 Å². The minimum atomic E-state index is -0.271. The van der Waals surface area contributed by atoms with Crippen molar-refractivity contribution in [1.82, 2.24) is 4.98 Å². The van der Waals surface area contributed by atoms with Gasteiger partial charge in [0.05, 0.1) is 26.1 Å². The van der Waals surface area contributed by atoms with Crippen LogP contribution in [0.5, 0.6) is 11.5 Å². The van der Waals surface area contributed by atoms with Gasteiger partial charge < -0.3 is 20.1 Å². The van der Waals surface area contributed by atoms with Crippen molar-refractivity contribution < 1.29 is 14.3 Å². The standard InChI is InChI=1S/C22H23N3O3/c1-15(16-7-5-4-6-8-16)24-18-10-12-21(23-14-18)25-22(26)17-9-11-19(27-2)20(13-17)28-3/h4-15,24H,1-3H3,(H,23,25,26). The van der Waals surface area contributed by atoms with Crippen LogP contribution in [0.2, 0.25) is 0 Å². The van der Waals surface area contributed by atoms with E-state index in [1.54, 1.807) is 37.6 Å². The first kappa shape index (κ1) is 19.2. The Balaban J connectivity index is 1.64. The zero-order valence-electron chi connectivity index (χ0n) is 16.1. The SMILES string of the molecule is COc1ccc(C(=O)Nc2ccc(NC(C)c3ccccc3)cn2)cc1OC. The Labute approximate surface area is 164 Å². The highest BCUT2D eigenvalue weighted by molar-refractivity contribution is 6.04. The molecule has 3 aromatic rings. The molecule has 0 spiro atoms. The van der Waals surface area contributed by atoms with Crippen LogP contribution in [0.25, 0.3) is 0 Å². The van der Waals surface area contributed by atoms with E-state index in [0.29, 0.717) is 22.9 Å². The van der Waals surface area contributed by atoms with Gasteiger partial charge in [-0.15, -0.1) is 0 Å². The van der Waals surface area contributed by atoms with Gasteiger partial charge in [-0.3, -0.25) is 4.79 Å². The molecule has 2 N–H and O–H groups in total. The lowest BCUT2D eigenvalue weighted by Crippen LogP contribution is -2.13. The third-order valence-electron chi connectivity index (χ3n) is 4.33. The fraction of sp³-hybridized carbons (Fsp3) is 0.182.